The third-order valence-corrected chi connectivity index (χ3v) is 3.89. The van der Waals surface area contributed by atoms with E-state index < -0.39 is 6.04 Å². The second-order valence-electron chi connectivity index (χ2n) is 5.51. The Kier molecular flexibility index (Phi) is 6.11. The topological polar surface area (TPSA) is 60.0 Å². The number of ether oxygens (including phenoxy) is 3. The van der Waals surface area contributed by atoms with E-state index in [0.29, 0.717) is 22.9 Å². The number of nitrogens with one attached hydrogen (secondary N) is 1. The molecule has 6 nitrogen and oxygen atoms in total. The predicted molar refractivity (Wildman–Crippen MR) is 99.0 cm³/mol. The summed E-state index contributed by atoms with van der Waals surface area (Å²) in [6.45, 7) is 1.81. The fourth-order valence-electron chi connectivity index (χ4n) is 2.55. The Balaban J connectivity index is 2.19. The number of amides is 1. The molecule has 0 saturated carbocycles. The predicted octanol–water partition coefficient (Wildman–Crippen LogP) is 3.18. The number of hydrogen-bond donors (Lipinski definition) is 1. The van der Waals surface area contributed by atoms with Crippen molar-refractivity contribution in [2.75, 3.05) is 38.6 Å². The molecule has 1 atom stereocenters. The molecule has 2 rings (SSSR count). The van der Waals surface area contributed by atoms with Gasteiger partial charge in [-0.1, -0.05) is 18.2 Å². The zero-order valence-corrected chi connectivity index (χ0v) is 15.2. The number of methoxy groups -OCH3 is 3. The van der Waals surface area contributed by atoms with Crippen LogP contribution in [0.15, 0.2) is 42.5 Å². The molecule has 0 unspecified atom stereocenters. The minimum Gasteiger partial charge on any atom is -0.493 e. The molecule has 1 N–H and O–H groups in total. The van der Waals surface area contributed by atoms with E-state index in [1.54, 1.807) is 45.4 Å². The Morgan fingerprint density at radius 2 is 1.56 bits per heavy atom. The highest BCUT2D eigenvalue weighted by atomic mass is 16.5. The van der Waals surface area contributed by atoms with Crippen LogP contribution in [0.4, 0.5) is 11.4 Å². The molecule has 134 valence electrons. The van der Waals surface area contributed by atoms with Crippen molar-refractivity contribution in [1.82, 2.24) is 0 Å². The minimum absolute atomic E-state index is 0.0556. The van der Waals surface area contributed by atoms with Crippen molar-refractivity contribution in [3.8, 4) is 17.2 Å². The third-order valence-electron chi connectivity index (χ3n) is 3.89. The standard InChI is InChI=1S/C19H24N2O4/c1-13(19(22)21(2)15-9-7-6-8-10-15)20-14-11-16(23-3)18(25-5)17(12-14)24-4/h6-13,20H,1-5H3/t13-/m1/s1. The maximum absolute atomic E-state index is 12.7. The van der Waals surface area contributed by atoms with Gasteiger partial charge in [0, 0.05) is 30.6 Å². The van der Waals surface area contributed by atoms with E-state index in [4.69, 9.17) is 14.2 Å². The summed E-state index contributed by atoms with van der Waals surface area (Å²) >= 11 is 0. The molecule has 2 aromatic rings. The SMILES string of the molecule is COc1cc(N[C@H](C)C(=O)N(C)c2ccccc2)cc(OC)c1OC. The molecule has 0 saturated heterocycles. The second kappa shape index (κ2) is 8.28. The number of para-hydroxylation sites is 1. The van der Waals surface area contributed by atoms with Crippen molar-refractivity contribution >= 4 is 17.3 Å². The van der Waals surface area contributed by atoms with Crippen LogP contribution in [0.2, 0.25) is 0 Å². The summed E-state index contributed by atoms with van der Waals surface area (Å²) in [5.41, 5.74) is 1.54. The first-order valence-corrected chi connectivity index (χ1v) is 7.91. The third kappa shape index (κ3) is 4.15. The van der Waals surface area contributed by atoms with E-state index in [1.807, 2.05) is 37.3 Å². The molecule has 6 heteroatoms. The molecule has 0 heterocycles. The first kappa shape index (κ1) is 18.4. The van der Waals surface area contributed by atoms with Gasteiger partial charge in [0.2, 0.25) is 11.7 Å². The molecule has 0 radical (unpaired) electrons. The van der Waals surface area contributed by atoms with Crippen molar-refractivity contribution in [2.24, 2.45) is 0 Å². The van der Waals surface area contributed by atoms with Crippen molar-refractivity contribution in [3.05, 3.63) is 42.5 Å². The molecule has 2 aromatic carbocycles. The Hall–Kier alpha value is -2.89. The van der Waals surface area contributed by atoms with Crippen LogP contribution in [-0.4, -0.2) is 40.3 Å². The molecular formula is C19H24N2O4. The number of anilines is 2. The van der Waals surface area contributed by atoms with E-state index in [9.17, 15) is 4.79 Å². The maximum atomic E-state index is 12.7. The Morgan fingerprint density at radius 1 is 1.00 bits per heavy atom. The first-order valence-electron chi connectivity index (χ1n) is 7.91. The maximum Gasteiger partial charge on any atom is 0.248 e. The summed E-state index contributed by atoms with van der Waals surface area (Å²) in [6, 6.07) is 12.6. The first-order chi connectivity index (χ1) is 12.0. The van der Waals surface area contributed by atoms with Crippen LogP contribution in [-0.2, 0) is 4.79 Å². The number of nitrogens with zero attached hydrogens (tertiary/aromatic N) is 1. The summed E-state index contributed by atoms with van der Waals surface area (Å²) < 4.78 is 16.0. The summed E-state index contributed by atoms with van der Waals surface area (Å²) in [5, 5.41) is 3.19. The summed E-state index contributed by atoms with van der Waals surface area (Å²) in [4.78, 5) is 14.3. The van der Waals surface area contributed by atoms with Crippen LogP contribution in [0.5, 0.6) is 17.2 Å². The minimum atomic E-state index is -0.437. The molecule has 1 amide bonds. The fraction of sp³-hybridized carbons (Fsp3) is 0.316. The lowest BCUT2D eigenvalue weighted by atomic mass is 10.2. The summed E-state index contributed by atoms with van der Waals surface area (Å²) in [5.74, 6) is 1.51. The number of likely N-dealkylation sites (N-methyl/N-ethyl adjacent to an activating group) is 1. The molecule has 0 aliphatic rings. The quantitative estimate of drug-likeness (QED) is 0.836. The molecule has 0 bridgehead atoms. The Labute approximate surface area is 148 Å². The lowest BCUT2D eigenvalue weighted by Crippen LogP contribution is -2.39. The van der Waals surface area contributed by atoms with Gasteiger partial charge in [-0.2, -0.15) is 0 Å². The zero-order chi connectivity index (χ0) is 18.4. The molecule has 0 fully saturated rings. The van der Waals surface area contributed by atoms with E-state index in [0.717, 1.165) is 5.69 Å². The molecule has 0 aliphatic heterocycles. The lowest BCUT2D eigenvalue weighted by molar-refractivity contribution is -0.118. The van der Waals surface area contributed by atoms with Gasteiger partial charge < -0.3 is 24.4 Å². The van der Waals surface area contributed by atoms with Crippen LogP contribution < -0.4 is 24.4 Å². The zero-order valence-electron chi connectivity index (χ0n) is 15.2. The van der Waals surface area contributed by atoms with Gasteiger partial charge in [-0.25, -0.2) is 0 Å². The van der Waals surface area contributed by atoms with Crippen LogP contribution in [0.3, 0.4) is 0 Å². The monoisotopic (exact) mass is 344 g/mol. The Bertz CT molecular complexity index is 694. The van der Waals surface area contributed by atoms with Crippen LogP contribution >= 0.6 is 0 Å². The molecule has 0 spiro atoms. The van der Waals surface area contributed by atoms with Crippen LogP contribution in [0.25, 0.3) is 0 Å². The van der Waals surface area contributed by atoms with Crippen LogP contribution in [0.1, 0.15) is 6.92 Å². The van der Waals surface area contributed by atoms with Gasteiger partial charge in [0.15, 0.2) is 11.5 Å². The highest BCUT2D eigenvalue weighted by Crippen LogP contribution is 2.40. The smallest absolute Gasteiger partial charge is 0.248 e. The highest BCUT2D eigenvalue weighted by Gasteiger charge is 2.20. The second-order valence-corrected chi connectivity index (χ2v) is 5.51. The van der Waals surface area contributed by atoms with Gasteiger partial charge in [0.25, 0.3) is 0 Å². The summed E-state index contributed by atoms with van der Waals surface area (Å²) in [7, 11) is 6.41. The van der Waals surface area contributed by atoms with Crippen molar-refractivity contribution < 1.29 is 19.0 Å². The molecule has 0 aliphatic carbocycles. The van der Waals surface area contributed by atoms with Crippen molar-refractivity contribution in [2.45, 2.75) is 13.0 Å². The van der Waals surface area contributed by atoms with E-state index >= 15 is 0 Å². The van der Waals surface area contributed by atoms with Gasteiger partial charge in [0.1, 0.15) is 6.04 Å². The van der Waals surface area contributed by atoms with Gasteiger partial charge in [-0.15, -0.1) is 0 Å². The van der Waals surface area contributed by atoms with Crippen LogP contribution in [0, 0.1) is 0 Å². The number of carbonyl (C=O) groups is 1. The number of rotatable bonds is 7. The number of hydrogen-bond acceptors (Lipinski definition) is 5. The highest BCUT2D eigenvalue weighted by molar-refractivity contribution is 5.98. The molecular weight excluding hydrogens is 320 g/mol. The lowest BCUT2D eigenvalue weighted by Gasteiger charge is -2.23. The van der Waals surface area contributed by atoms with Crippen molar-refractivity contribution in [3.63, 3.8) is 0 Å². The average molecular weight is 344 g/mol. The van der Waals surface area contributed by atoms with Gasteiger partial charge >= 0.3 is 0 Å². The van der Waals surface area contributed by atoms with E-state index in [1.165, 1.54) is 0 Å². The van der Waals surface area contributed by atoms with Gasteiger partial charge in [-0.05, 0) is 19.1 Å². The number of benzene rings is 2. The number of carbonyl (C=O) groups excluding carboxylic acids is 1. The fourth-order valence-corrected chi connectivity index (χ4v) is 2.55. The average Bonchev–Trinajstić information content (AvgIpc) is 2.66. The molecule has 0 aromatic heterocycles. The summed E-state index contributed by atoms with van der Waals surface area (Å²) in [6.07, 6.45) is 0. The largest absolute Gasteiger partial charge is 0.493 e. The van der Waals surface area contributed by atoms with Gasteiger partial charge in [0.05, 0.1) is 21.3 Å². The Morgan fingerprint density at radius 3 is 2.04 bits per heavy atom. The van der Waals surface area contributed by atoms with E-state index in [-0.39, 0.29) is 5.91 Å². The van der Waals surface area contributed by atoms with E-state index in [2.05, 4.69) is 5.32 Å². The van der Waals surface area contributed by atoms with Crippen molar-refractivity contribution in [1.29, 1.82) is 0 Å². The van der Waals surface area contributed by atoms with Gasteiger partial charge in [-0.3, -0.25) is 4.79 Å². The molecule has 25 heavy (non-hydrogen) atoms. The normalized spacial score (nSPS) is 11.4.